The molecule has 0 aliphatic rings. The van der Waals surface area contributed by atoms with Crippen LogP contribution < -0.4 is 0 Å². The van der Waals surface area contributed by atoms with Gasteiger partial charge in [-0.3, -0.25) is 9.59 Å². The van der Waals surface area contributed by atoms with E-state index in [9.17, 15) is 14.4 Å². The van der Waals surface area contributed by atoms with Crippen LogP contribution in [0.2, 0.25) is 0 Å². The largest absolute Gasteiger partial charge is 0.466 e. The van der Waals surface area contributed by atoms with Gasteiger partial charge in [-0.2, -0.15) is 0 Å². The van der Waals surface area contributed by atoms with Crippen molar-refractivity contribution in [3.8, 4) is 0 Å². The standard InChI is InChI=1S/C14H23NO6/c1-5-19-12(16)8-11(14(18)21-7-3)9-15(4)10-13(17)20-6-2/h9H,5-8,10H2,1-4H3/b11-9+. The molecule has 7 heteroatoms. The fourth-order valence-electron chi connectivity index (χ4n) is 1.48. The SMILES string of the molecule is CCOC(=O)C/C(=C\N(C)CC(=O)OCC)C(=O)OCC. The zero-order valence-electron chi connectivity index (χ0n) is 13.0. The summed E-state index contributed by atoms with van der Waals surface area (Å²) < 4.78 is 14.5. The molecular weight excluding hydrogens is 278 g/mol. The molecule has 0 aliphatic carbocycles. The quantitative estimate of drug-likeness (QED) is 0.355. The van der Waals surface area contributed by atoms with Gasteiger partial charge in [0.05, 0.1) is 31.8 Å². The first kappa shape index (κ1) is 18.9. The molecule has 0 radical (unpaired) electrons. The minimum atomic E-state index is -0.610. The molecular formula is C14H23NO6. The second kappa shape index (κ2) is 10.7. The molecule has 120 valence electrons. The predicted octanol–water partition coefficient (Wildman–Crippen LogP) is 0.881. The number of esters is 3. The summed E-state index contributed by atoms with van der Waals surface area (Å²) in [7, 11) is 1.60. The first-order valence-electron chi connectivity index (χ1n) is 6.83. The number of ether oxygens (including phenoxy) is 3. The number of likely N-dealkylation sites (N-methyl/N-ethyl adjacent to an activating group) is 1. The second-order valence-corrected chi connectivity index (χ2v) is 4.08. The van der Waals surface area contributed by atoms with E-state index in [4.69, 9.17) is 14.2 Å². The molecule has 0 saturated carbocycles. The Balaban J connectivity index is 4.83. The average Bonchev–Trinajstić information content (AvgIpc) is 2.38. The Bertz CT molecular complexity index is 391. The first-order chi connectivity index (χ1) is 9.94. The molecule has 0 bridgehead atoms. The third-order valence-corrected chi connectivity index (χ3v) is 2.24. The molecule has 0 fully saturated rings. The number of hydrogen-bond acceptors (Lipinski definition) is 7. The number of rotatable bonds is 9. The van der Waals surface area contributed by atoms with E-state index in [1.165, 1.54) is 11.1 Å². The second-order valence-electron chi connectivity index (χ2n) is 4.08. The van der Waals surface area contributed by atoms with Gasteiger partial charge in [-0.05, 0) is 20.8 Å². The fourth-order valence-corrected chi connectivity index (χ4v) is 1.48. The summed E-state index contributed by atoms with van der Waals surface area (Å²) in [5.74, 6) is -1.56. The van der Waals surface area contributed by atoms with Gasteiger partial charge >= 0.3 is 17.9 Å². The molecule has 0 saturated heterocycles. The zero-order chi connectivity index (χ0) is 16.3. The van der Waals surface area contributed by atoms with Crippen molar-refractivity contribution in [2.24, 2.45) is 0 Å². The van der Waals surface area contributed by atoms with E-state index in [0.717, 1.165) is 0 Å². The maximum Gasteiger partial charge on any atom is 0.336 e. The Morgan fingerprint density at radius 3 is 1.95 bits per heavy atom. The van der Waals surface area contributed by atoms with Crippen LogP contribution in [0.5, 0.6) is 0 Å². The highest BCUT2D eigenvalue weighted by atomic mass is 16.5. The van der Waals surface area contributed by atoms with Gasteiger partial charge in [0.15, 0.2) is 0 Å². The smallest absolute Gasteiger partial charge is 0.336 e. The number of carbonyl (C=O) groups excluding carboxylic acids is 3. The van der Waals surface area contributed by atoms with Crippen LogP contribution in [-0.4, -0.2) is 56.2 Å². The Morgan fingerprint density at radius 1 is 0.905 bits per heavy atom. The third-order valence-electron chi connectivity index (χ3n) is 2.24. The van der Waals surface area contributed by atoms with Crippen molar-refractivity contribution >= 4 is 17.9 Å². The van der Waals surface area contributed by atoms with Gasteiger partial charge in [0.1, 0.15) is 6.54 Å². The highest BCUT2D eigenvalue weighted by Crippen LogP contribution is 2.08. The van der Waals surface area contributed by atoms with Crippen molar-refractivity contribution in [1.29, 1.82) is 0 Å². The summed E-state index contributed by atoms with van der Waals surface area (Å²) in [4.78, 5) is 36.1. The minimum absolute atomic E-state index is 0.0282. The third kappa shape index (κ3) is 8.67. The highest BCUT2D eigenvalue weighted by Gasteiger charge is 2.17. The maximum atomic E-state index is 11.8. The Kier molecular flexibility index (Phi) is 9.66. The van der Waals surface area contributed by atoms with Crippen LogP contribution >= 0.6 is 0 Å². The summed E-state index contributed by atoms with van der Waals surface area (Å²) >= 11 is 0. The van der Waals surface area contributed by atoms with E-state index >= 15 is 0 Å². The van der Waals surface area contributed by atoms with Crippen molar-refractivity contribution in [3.05, 3.63) is 11.8 Å². The molecule has 0 atom stereocenters. The van der Waals surface area contributed by atoms with E-state index in [-0.39, 0.29) is 38.4 Å². The molecule has 0 N–H and O–H groups in total. The normalized spacial score (nSPS) is 10.8. The van der Waals surface area contributed by atoms with Crippen LogP contribution in [0, 0.1) is 0 Å². The first-order valence-corrected chi connectivity index (χ1v) is 6.83. The maximum absolute atomic E-state index is 11.8. The summed E-state index contributed by atoms with van der Waals surface area (Å²) in [5.41, 5.74) is 0.127. The van der Waals surface area contributed by atoms with Crippen LogP contribution in [0.3, 0.4) is 0 Å². The van der Waals surface area contributed by atoms with Crippen molar-refractivity contribution < 1.29 is 28.6 Å². The Morgan fingerprint density at radius 2 is 1.43 bits per heavy atom. The van der Waals surface area contributed by atoms with E-state index in [1.807, 2.05) is 0 Å². The van der Waals surface area contributed by atoms with Crippen LogP contribution in [0.4, 0.5) is 0 Å². The van der Waals surface area contributed by atoms with Crippen molar-refractivity contribution in [3.63, 3.8) is 0 Å². The molecule has 0 aromatic heterocycles. The number of nitrogens with zero attached hydrogens (tertiary/aromatic N) is 1. The van der Waals surface area contributed by atoms with Crippen LogP contribution in [-0.2, 0) is 28.6 Å². The van der Waals surface area contributed by atoms with E-state index < -0.39 is 17.9 Å². The molecule has 21 heavy (non-hydrogen) atoms. The van der Waals surface area contributed by atoms with Crippen molar-refractivity contribution in [2.75, 3.05) is 33.4 Å². The molecule has 0 aromatic carbocycles. The molecule has 0 amide bonds. The average molecular weight is 301 g/mol. The number of hydrogen-bond donors (Lipinski definition) is 0. The molecule has 0 aliphatic heterocycles. The van der Waals surface area contributed by atoms with Gasteiger partial charge in [0.2, 0.25) is 0 Å². The molecule has 0 unspecified atom stereocenters. The van der Waals surface area contributed by atoms with E-state index in [2.05, 4.69) is 0 Å². The van der Waals surface area contributed by atoms with Gasteiger partial charge in [0.25, 0.3) is 0 Å². The highest BCUT2D eigenvalue weighted by molar-refractivity contribution is 5.93. The molecule has 0 aromatic rings. The van der Waals surface area contributed by atoms with Crippen LogP contribution in [0.1, 0.15) is 27.2 Å². The lowest BCUT2D eigenvalue weighted by Gasteiger charge is -2.15. The monoisotopic (exact) mass is 301 g/mol. The summed E-state index contributed by atoms with van der Waals surface area (Å²) in [6, 6.07) is 0. The van der Waals surface area contributed by atoms with Gasteiger partial charge in [-0.1, -0.05) is 0 Å². The summed E-state index contributed by atoms with van der Waals surface area (Å²) in [5, 5.41) is 0. The van der Waals surface area contributed by atoms with Gasteiger partial charge in [-0.25, -0.2) is 4.79 Å². The molecule has 0 heterocycles. The van der Waals surface area contributed by atoms with Crippen LogP contribution in [0.15, 0.2) is 11.8 Å². The number of carbonyl (C=O) groups is 3. The van der Waals surface area contributed by atoms with Crippen molar-refractivity contribution in [1.82, 2.24) is 4.90 Å². The Labute approximate surface area is 124 Å². The Hall–Kier alpha value is -2.05. The predicted molar refractivity (Wildman–Crippen MR) is 75.2 cm³/mol. The van der Waals surface area contributed by atoms with E-state index in [0.29, 0.717) is 0 Å². The lowest BCUT2D eigenvalue weighted by Crippen LogP contribution is -2.25. The van der Waals surface area contributed by atoms with Gasteiger partial charge in [-0.15, -0.1) is 0 Å². The zero-order valence-corrected chi connectivity index (χ0v) is 13.0. The summed E-state index contributed by atoms with van der Waals surface area (Å²) in [6.07, 6.45) is 1.19. The fraction of sp³-hybridized carbons (Fsp3) is 0.643. The van der Waals surface area contributed by atoms with Gasteiger partial charge < -0.3 is 19.1 Å². The van der Waals surface area contributed by atoms with Crippen LogP contribution in [0.25, 0.3) is 0 Å². The molecule has 0 spiro atoms. The van der Waals surface area contributed by atoms with Crippen molar-refractivity contribution in [2.45, 2.75) is 27.2 Å². The van der Waals surface area contributed by atoms with E-state index in [1.54, 1.807) is 27.8 Å². The molecule has 7 nitrogen and oxygen atoms in total. The lowest BCUT2D eigenvalue weighted by atomic mass is 10.2. The molecule has 0 rings (SSSR count). The summed E-state index contributed by atoms with van der Waals surface area (Å²) in [6.45, 7) is 5.73. The lowest BCUT2D eigenvalue weighted by molar-refractivity contribution is -0.146. The van der Waals surface area contributed by atoms with Gasteiger partial charge in [0, 0.05) is 13.2 Å². The topological polar surface area (TPSA) is 82.1 Å². The minimum Gasteiger partial charge on any atom is -0.466 e.